The van der Waals surface area contributed by atoms with Crippen molar-refractivity contribution in [2.75, 3.05) is 38.2 Å². The SMILES string of the molecule is COc1ccc(S(=O)(=O)N2CCN(c3ccc4nnc(C5CC5)n4n3)CC2)cc1F. The Bertz CT molecular complexity index is 1200. The summed E-state index contributed by atoms with van der Waals surface area (Å²) in [5.74, 6) is 1.39. The van der Waals surface area contributed by atoms with Gasteiger partial charge in [-0.15, -0.1) is 15.3 Å². The number of benzene rings is 1. The van der Waals surface area contributed by atoms with Crippen molar-refractivity contribution in [1.29, 1.82) is 0 Å². The molecule has 0 spiro atoms. The van der Waals surface area contributed by atoms with Crippen LogP contribution in [0.3, 0.4) is 0 Å². The van der Waals surface area contributed by atoms with Gasteiger partial charge < -0.3 is 9.64 Å². The molecular weight excluding hydrogens is 411 g/mol. The average molecular weight is 432 g/mol. The molecule has 1 aliphatic carbocycles. The minimum Gasteiger partial charge on any atom is -0.494 e. The summed E-state index contributed by atoms with van der Waals surface area (Å²) in [6.45, 7) is 1.54. The number of aromatic nitrogens is 4. The molecule has 3 aromatic rings. The molecule has 30 heavy (non-hydrogen) atoms. The number of ether oxygens (including phenoxy) is 1. The molecule has 158 valence electrons. The van der Waals surface area contributed by atoms with Gasteiger partial charge in [-0.05, 0) is 43.2 Å². The number of sulfonamides is 1. The fraction of sp³-hybridized carbons (Fsp3) is 0.421. The number of anilines is 1. The predicted octanol–water partition coefficient (Wildman–Crippen LogP) is 1.66. The topological polar surface area (TPSA) is 92.9 Å². The second-order valence-electron chi connectivity index (χ2n) is 7.48. The fourth-order valence-corrected chi connectivity index (χ4v) is 5.11. The summed E-state index contributed by atoms with van der Waals surface area (Å²) in [5.41, 5.74) is 0.711. The largest absolute Gasteiger partial charge is 0.494 e. The van der Waals surface area contributed by atoms with E-state index in [1.54, 1.807) is 4.52 Å². The smallest absolute Gasteiger partial charge is 0.243 e. The third kappa shape index (κ3) is 3.27. The molecule has 0 unspecified atom stereocenters. The van der Waals surface area contributed by atoms with Crippen molar-refractivity contribution >= 4 is 21.5 Å². The second-order valence-corrected chi connectivity index (χ2v) is 9.42. The van der Waals surface area contributed by atoms with E-state index in [1.807, 2.05) is 17.0 Å². The van der Waals surface area contributed by atoms with E-state index in [1.165, 1.54) is 23.5 Å². The first kappa shape index (κ1) is 19.2. The molecule has 2 fully saturated rings. The first-order valence-corrected chi connectivity index (χ1v) is 11.2. The Morgan fingerprint density at radius 1 is 1.07 bits per heavy atom. The molecule has 11 heteroatoms. The molecule has 1 saturated carbocycles. The molecule has 0 atom stereocenters. The quantitative estimate of drug-likeness (QED) is 0.605. The lowest BCUT2D eigenvalue weighted by Crippen LogP contribution is -2.49. The summed E-state index contributed by atoms with van der Waals surface area (Å²) in [7, 11) is -2.45. The number of halogens is 1. The van der Waals surface area contributed by atoms with E-state index in [9.17, 15) is 12.8 Å². The molecule has 2 aromatic heterocycles. The van der Waals surface area contributed by atoms with Gasteiger partial charge in [0.1, 0.15) is 5.82 Å². The number of nitrogens with zero attached hydrogens (tertiary/aromatic N) is 6. The predicted molar refractivity (Wildman–Crippen MR) is 107 cm³/mol. The van der Waals surface area contributed by atoms with Gasteiger partial charge in [-0.3, -0.25) is 0 Å². The number of methoxy groups -OCH3 is 1. The van der Waals surface area contributed by atoms with Gasteiger partial charge in [-0.1, -0.05) is 0 Å². The molecule has 1 saturated heterocycles. The van der Waals surface area contributed by atoms with Crippen LogP contribution in [0.15, 0.2) is 35.2 Å². The zero-order chi connectivity index (χ0) is 20.9. The van der Waals surface area contributed by atoms with Gasteiger partial charge in [-0.25, -0.2) is 12.8 Å². The van der Waals surface area contributed by atoms with Crippen LogP contribution in [0.25, 0.3) is 5.65 Å². The Labute approximate surface area is 173 Å². The molecule has 0 radical (unpaired) electrons. The van der Waals surface area contributed by atoms with Crippen LogP contribution in [0.2, 0.25) is 0 Å². The zero-order valence-corrected chi connectivity index (χ0v) is 17.2. The second kappa shape index (κ2) is 7.17. The Morgan fingerprint density at radius 2 is 1.83 bits per heavy atom. The molecule has 3 heterocycles. The van der Waals surface area contributed by atoms with Gasteiger partial charge in [-0.2, -0.15) is 8.82 Å². The molecule has 9 nitrogen and oxygen atoms in total. The van der Waals surface area contributed by atoms with Crippen LogP contribution in [-0.4, -0.2) is 65.8 Å². The van der Waals surface area contributed by atoms with Gasteiger partial charge >= 0.3 is 0 Å². The highest BCUT2D eigenvalue weighted by molar-refractivity contribution is 7.89. The Morgan fingerprint density at radius 3 is 2.50 bits per heavy atom. The summed E-state index contributed by atoms with van der Waals surface area (Å²) in [4.78, 5) is 1.96. The maximum atomic E-state index is 14.0. The van der Waals surface area contributed by atoms with Gasteiger partial charge in [0, 0.05) is 32.1 Å². The highest BCUT2D eigenvalue weighted by Gasteiger charge is 2.31. The Balaban J connectivity index is 1.33. The van der Waals surface area contributed by atoms with Crippen LogP contribution in [0.5, 0.6) is 5.75 Å². The molecule has 0 N–H and O–H groups in total. The van der Waals surface area contributed by atoms with Crippen LogP contribution in [-0.2, 0) is 10.0 Å². The first-order chi connectivity index (χ1) is 14.5. The van der Waals surface area contributed by atoms with Crippen molar-refractivity contribution in [1.82, 2.24) is 24.1 Å². The highest BCUT2D eigenvalue weighted by Crippen LogP contribution is 2.38. The highest BCUT2D eigenvalue weighted by atomic mass is 32.2. The summed E-state index contributed by atoms with van der Waals surface area (Å²) >= 11 is 0. The van der Waals surface area contributed by atoms with Crippen molar-refractivity contribution in [2.45, 2.75) is 23.7 Å². The zero-order valence-electron chi connectivity index (χ0n) is 16.4. The molecule has 0 amide bonds. The molecular formula is C19H21FN6O3S. The third-order valence-electron chi connectivity index (χ3n) is 5.54. The van der Waals surface area contributed by atoms with Crippen LogP contribution in [0, 0.1) is 5.82 Å². The lowest BCUT2D eigenvalue weighted by Gasteiger charge is -2.34. The molecule has 1 aliphatic heterocycles. The van der Waals surface area contributed by atoms with Crippen LogP contribution >= 0.6 is 0 Å². The van der Waals surface area contributed by atoms with Crippen LogP contribution < -0.4 is 9.64 Å². The maximum Gasteiger partial charge on any atom is 0.243 e. The third-order valence-corrected chi connectivity index (χ3v) is 7.43. The van der Waals surface area contributed by atoms with Crippen molar-refractivity contribution in [3.63, 3.8) is 0 Å². The lowest BCUT2D eigenvalue weighted by atomic mass is 10.3. The summed E-state index contributed by atoms with van der Waals surface area (Å²) < 4.78 is 47.8. The van der Waals surface area contributed by atoms with E-state index in [0.29, 0.717) is 24.7 Å². The fourth-order valence-electron chi connectivity index (χ4n) is 3.67. The maximum absolute atomic E-state index is 14.0. The molecule has 1 aromatic carbocycles. The van der Waals surface area contributed by atoms with E-state index < -0.39 is 15.8 Å². The van der Waals surface area contributed by atoms with Crippen LogP contribution in [0.1, 0.15) is 24.6 Å². The number of fused-ring (bicyclic) bond motifs is 1. The minimum atomic E-state index is -3.79. The minimum absolute atomic E-state index is 0.0137. The Kier molecular flexibility index (Phi) is 4.58. The summed E-state index contributed by atoms with van der Waals surface area (Å²) in [6, 6.07) is 7.45. The van der Waals surface area contributed by atoms with Crippen molar-refractivity contribution in [2.24, 2.45) is 0 Å². The van der Waals surface area contributed by atoms with Crippen molar-refractivity contribution in [3.05, 3.63) is 42.0 Å². The van der Waals surface area contributed by atoms with Gasteiger partial charge in [0.15, 0.2) is 23.0 Å². The number of hydrogen-bond acceptors (Lipinski definition) is 7. The van der Waals surface area contributed by atoms with E-state index in [0.717, 1.165) is 30.6 Å². The van der Waals surface area contributed by atoms with Gasteiger partial charge in [0.05, 0.1) is 12.0 Å². The van der Waals surface area contributed by atoms with E-state index in [2.05, 4.69) is 15.3 Å². The Hall–Kier alpha value is -2.79. The van der Waals surface area contributed by atoms with Gasteiger partial charge in [0.2, 0.25) is 10.0 Å². The van der Waals surface area contributed by atoms with Crippen LogP contribution in [0.4, 0.5) is 10.2 Å². The number of piperazine rings is 1. The number of hydrogen-bond donors (Lipinski definition) is 0. The monoisotopic (exact) mass is 432 g/mol. The molecule has 0 bridgehead atoms. The standard InChI is InChI=1S/C19H21FN6O3S/c1-29-16-5-4-14(12-15(16)20)30(27,28)25-10-8-24(9-11-25)18-7-6-17-21-22-19(13-2-3-13)26(17)23-18/h4-7,12-13H,2-3,8-11H2,1H3. The van der Waals surface area contributed by atoms with E-state index in [-0.39, 0.29) is 23.7 Å². The van der Waals surface area contributed by atoms with Crippen molar-refractivity contribution < 1.29 is 17.5 Å². The molecule has 2 aliphatic rings. The van der Waals surface area contributed by atoms with E-state index in [4.69, 9.17) is 4.74 Å². The first-order valence-electron chi connectivity index (χ1n) is 9.78. The van der Waals surface area contributed by atoms with E-state index >= 15 is 0 Å². The summed E-state index contributed by atoms with van der Waals surface area (Å²) in [5, 5.41) is 13.1. The average Bonchev–Trinajstić information content (AvgIpc) is 3.52. The van der Waals surface area contributed by atoms with Gasteiger partial charge in [0.25, 0.3) is 0 Å². The lowest BCUT2D eigenvalue weighted by molar-refractivity contribution is 0.379. The molecule has 5 rings (SSSR count). The normalized spacial score (nSPS) is 18.1. The van der Waals surface area contributed by atoms with Crippen molar-refractivity contribution in [3.8, 4) is 5.75 Å². The number of rotatable bonds is 5. The summed E-state index contributed by atoms with van der Waals surface area (Å²) in [6.07, 6.45) is 2.21.